The Hall–Kier alpha value is -2.68. The monoisotopic (exact) mass is 485 g/mol. The summed E-state index contributed by atoms with van der Waals surface area (Å²) in [5.41, 5.74) is 0.535. The fourth-order valence-electron chi connectivity index (χ4n) is 7.08. The summed E-state index contributed by atoms with van der Waals surface area (Å²) in [5, 5.41) is 8.95. The van der Waals surface area contributed by atoms with Crippen molar-refractivity contribution in [2.24, 2.45) is 17.8 Å². The van der Waals surface area contributed by atoms with Crippen LogP contribution in [0.2, 0.25) is 0 Å². The Morgan fingerprint density at radius 3 is 2.11 bits per heavy atom. The highest BCUT2D eigenvalue weighted by Crippen LogP contribution is 2.55. The molecule has 1 saturated heterocycles. The van der Waals surface area contributed by atoms with Gasteiger partial charge in [0.15, 0.2) is 0 Å². The average Bonchev–Trinajstić information content (AvgIpc) is 2.79. The second-order valence-corrected chi connectivity index (χ2v) is 11.0. The molecule has 1 heterocycles. The molecule has 6 rings (SSSR count). The number of carbonyl (C=O) groups is 3. The average molecular weight is 486 g/mol. The second kappa shape index (κ2) is 10.1. The van der Waals surface area contributed by atoms with Crippen LogP contribution in [0.25, 0.3) is 0 Å². The molecule has 3 N–H and O–H groups in total. The van der Waals surface area contributed by atoms with E-state index < -0.39 is 0 Å². The molecule has 35 heavy (non-hydrogen) atoms. The van der Waals surface area contributed by atoms with Gasteiger partial charge in [0, 0.05) is 50.4 Å². The molecule has 190 valence electrons. The number of hydrogen-bond acceptors (Lipinski definition) is 4. The maximum atomic E-state index is 13.0. The lowest BCUT2D eigenvalue weighted by molar-refractivity contribution is -0.132. The largest absolute Gasteiger partial charge is 0.340 e. The Kier molecular flexibility index (Phi) is 6.95. The number of amides is 4. The predicted molar refractivity (Wildman–Crippen MR) is 130 cm³/mol. The van der Waals surface area contributed by atoms with E-state index in [-0.39, 0.29) is 42.2 Å². The molecular formula is C26H36FN5O3. The molecule has 1 aliphatic heterocycles. The zero-order chi connectivity index (χ0) is 24.4. The first-order chi connectivity index (χ1) is 16.9. The third-order valence-corrected chi connectivity index (χ3v) is 8.26. The van der Waals surface area contributed by atoms with E-state index in [9.17, 15) is 18.8 Å². The van der Waals surface area contributed by atoms with Gasteiger partial charge in [0.05, 0.1) is 6.54 Å². The molecule has 0 radical (unpaired) electrons. The van der Waals surface area contributed by atoms with Crippen molar-refractivity contribution in [1.29, 1.82) is 0 Å². The van der Waals surface area contributed by atoms with E-state index in [1.54, 1.807) is 4.90 Å². The highest BCUT2D eigenvalue weighted by Gasteiger charge is 2.51. The molecule has 0 spiro atoms. The Labute approximate surface area is 206 Å². The number of hydrogen-bond donors (Lipinski definition) is 3. The minimum absolute atomic E-state index is 0.0236. The van der Waals surface area contributed by atoms with E-state index in [1.165, 1.54) is 43.5 Å². The van der Waals surface area contributed by atoms with E-state index in [2.05, 4.69) is 16.0 Å². The third-order valence-electron chi connectivity index (χ3n) is 8.26. The molecule has 1 aromatic rings. The van der Waals surface area contributed by atoms with Crippen LogP contribution >= 0.6 is 0 Å². The number of piperazine rings is 1. The lowest BCUT2D eigenvalue weighted by atomic mass is 9.53. The molecule has 4 bridgehead atoms. The maximum absolute atomic E-state index is 13.0. The van der Waals surface area contributed by atoms with Crippen LogP contribution in [0.1, 0.15) is 44.9 Å². The first kappa shape index (κ1) is 24.0. The van der Waals surface area contributed by atoms with Gasteiger partial charge in [-0.3, -0.25) is 14.5 Å². The summed E-state index contributed by atoms with van der Waals surface area (Å²) in [4.78, 5) is 41.2. The standard InChI is InChI=1S/C26H36FN5O3/c27-21-1-3-22(4-2-21)29-23(33)17-31-7-9-32(10-8-31)24(34)5-6-28-25(35)30-26-14-18-11-19(15-26)13-20(12-18)16-26/h1-4,18-20H,5-17H2,(H,29,33)(H2,28,30,35). The number of urea groups is 1. The lowest BCUT2D eigenvalue weighted by Gasteiger charge is -2.56. The summed E-state index contributed by atoms with van der Waals surface area (Å²) in [5.74, 6) is 1.84. The smallest absolute Gasteiger partial charge is 0.315 e. The highest BCUT2D eigenvalue weighted by molar-refractivity contribution is 5.92. The summed E-state index contributed by atoms with van der Waals surface area (Å²) >= 11 is 0. The van der Waals surface area contributed by atoms with Gasteiger partial charge in [0.25, 0.3) is 0 Å². The number of nitrogens with zero attached hydrogens (tertiary/aromatic N) is 2. The molecule has 4 amide bonds. The zero-order valence-corrected chi connectivity index (χ0v) is 20.2. The quantitative estimate of drug-likeness (QED) is 0.553. The number of halogens is 1. The van der Waals surface area contributed by atoms with E-state index >= 15 is 0 Å². The van der Waals surface area contributed by atoms with Crippen LogP contribution in [-0.4, -0.2) is 72.5 Å². The lowest BCUT2D eigenvalue weighted by Crippen LogP contribution is -2.61. The van der Waals surface area contributed by atoms with Crippen LogP contribution in [-0.2, 0) is 9.59 Å². The maximum Gasteiger partial charge on any atom is 0.315 e. The van der Waals surface area contributed by atoms with Crippen molar-refractivity contribution >= 4 is 23.5 Å². The molecule has 0 aromatic heterocycles. The molecule has 5 fully saturated rings. The predicted octanol–water partition coefficient (Wildman–Crippen LogP) is 2.57. The minimum atomic E-state index is -0.345. The van der Waals surface area contributed by atoms with Crippen molar-refractivity contribution in [3.8, 4) is 0 Å². The first-order valence-corrected chi connectivity index (χ1v) is 13.0. The molecular weight excluding hydrogens is 449 g/mol. The van der Waals surface area contributed by atoms with Gasteiger partial charge >= 0.3 is 6.03 Å². The number of anilines is 1. The molecule has 9 heteroatoms. The van der Waals surface area contributed by atoms with Crippen molar-refractivity contribution in [2.75, 3.05) is 44.6 Å². The first-order valence-electron chi connectivity index (χ1n) is 13.0. The van der Waals surface area contributed by atoms with Gasteiger partial charge < -0.3 is 20.9 Å². The molecule has 0 atom stereocenters. The summed E-state index contributed by atoms with van der Waals surface area (Å²) in [6.45, 7) is 2.90. The van der Waals surface area contributed by atoms with E-state index in [0.29, 0.717) is 38.4 Å². The van der Waals surface area contributed by atoms with E-state index in [0.717, 1.165) is 37.0 Å². The normalized spacial score (nSPS) is 29.6. The van der Waals surface area contributed by atoms with Crippen LogP contribution in [0.5, 0.6) is 0 Å². The van der Waals surface area contributed by atoms with E-state index in [4.69, 9.17) is 0 Å². The number of carbonyl (C=O) groups excluding carboxylic acids is 3. The van der Waals surface area contributed by atoms with Gasteiger partial charge in [-0.15, -0.1) is 0 Å². The van der Waals surface area contributed by atoms with Crippen LogP contribution < -0.4 is 16.0 Å². The Bertz CT molecular complexity index is 910. The van der Waals surface area contributed by atoms with Gasteiger partial charge in [-0.25, -0.2) is 9.18 Å². The Balaban J connectivity index is 0.980. The van der Waals surface area contributed by atoms with Crippen LogP contribution in [0, 0.1) is 23.6 Å². The topological polar surface area (TPSA) is 93.8 Å². The highest BCUT2D eigenvalue weighted by atomic mass is 19.1. The molecule has 4 saturated carbocycles. The molecule has 0 unspecified atom stereocenters. The zero-order valence-electron chi connectivity index (χ0n) is 20.2. The fourth-order valence-corrected chi connectivity index (χ4v) is 7.08. The second-order valence-electron chi connectivity index (χ2n) is 11.0. The Morgan fingerprint density at radius 2 is 1.51 bits per heavy atom. The van der Waals surface area contributed by atoms with Crippen LogP contribution in [0.3, 0.4) is 0 Å². The van der Waals surface area contributed by atoms with Crippen molar-refractivity contribution in [3.05, 3.63) is 30.1 Å². The van der Waals surface area contributed by atoms with Crippen molar-refractivity contribution < 1.29 is 18.8 Å². The van der Waals surface area contributed by atoms with Crippen LogP contribution in [0.4, 0.5) is 14.9 Å². The number of nitrogens with one attached hydrogen (secondary N) is 3. The minimum Gasteiger partial charge on any atom is -0.340 e. The molecule has 8 nitrogen and oxygen atoms in total. The van der Waals surface area contributed by atoms with Gasteiger partial charge in [-0.2, -0.15) is 0 Å². The number of rotatable bonds is 7. The molecule has 4 aliphatic carbocycles. The molecule has 5 aliphatic rings. The van der Waals surface area contributed by atoms with Crippen molar-refractivity contribution in [1.82, 2.24) is 20.4 Å². The summed E-state index contributed by atoms with van der Waals surface area (Å²) in [7, 11) is 0. The van der Waals surface area contributed by atoms with Crippen molar-refractivity contribution in [2.45, 2.75) is 50.5 Å². The summed E-state index contributed by atoms with van der Waals surface area (Å²) in [6.07, 6.45) is 7.61. The molecule has 1 aromatic carbocycles. The SMILES string of the molecule is O=C(CN1CCN(C(=O)CCNC(=O)NC23CC4CC(CC(C4)C2)C3)CC1)Nc1ccc(F)cc1. The van der Waals surface area contributed by atoms with Crippen LogP contribution in [0.15, 0.2) is 24.3 Å². The van der Waals surface area contributed by atoms with Gasteiger partial charge in [-0.1, -0.05) is 0 Å². The van der Waals surface area contributed by atoms with Gasteiger partial charge in [0.2, 0.25) is 11.8 Å². The number of benzene rings is 1. The van der Waals surface area contributed by atoms with Gasteiger partial charge in [0.1, 0.15) is 5.82 Å². The Morgan fingerprint density at radius 1 is 0.914 bits per heavy atom. The van der Waals surface area contributed by atoms with Crippen molar-refractivity contribution in [3.63, 3.8) is 0 Å². The fraction of sp³-hybridized carbons (Fsp3) is 0.654. The summed E-state index contributed by atoms with van der Waals surface area (Å²) in [6, 6.07) is 5.53. The van der Waals surface area contributed by atoms with E-state index in [1.807, 2.05) is 4.90 Å². The van der Waals surface area contributed by atoms with Gasteiger partial charge in [-0.05, 0) is 80.5 Å². The summed E-state index contributed by atoms with van der Waals surface area (Å²) < 4.78 is 13.0. The third kappa shape index (κ3) is 5.94.